The second kappa shape index (κ2) is 8.47. The van der Waals surface area contributed by atoms with Gasteiger partial charge in [0.15, 0.2) is 5.69 Å². The first-order valence-corrected chi connectivity index (χ1v) is 9.64. The molecule has 0 spiro atoms. The van der Waals surface area contributed by atoms with Gasteiger partial charge < -0.3 is 0 Å². The second-order valence-electron chi connectivity index (χ2n) is 6.44. The lowest BCUT2D eigenvalue weighted by molar-refractivity contribution is 0.0949. The highest BCUT2D eigenvalue weighted by molar-refractivity contribution is 6.35. The molecule has 0 aliphatic heterocycles. The maximum Gasteiger partial charge on any atom is 0.291 e. The number of nitrogens with one attached hydrogen (secondary N) is 1. The lowest BCUT2D eigenvalue weighted by Crippen LogP contribution is -2.18. The molecule has 0 unspecified atom stereocenters. The van der Waals surface area contributed by atoms with Gasteiger partial charge >= 0.3 is 0 Å². The monoisotopic (exact) mass is 422 g/mol. The molecule has 3 aromatic carbocycles. The molecule has 1 aromatic heterocycles. The van der Waals surface area contributed by atoms with Gasteiger partial charge in [0.25, 0.3) is 5.91 Å². The predicted octanol–water partition coefficient (Wildman–Crippen LogP) is 5.16. The summed E-state index contributed by atoms with van der Waals surface area (Å²) in [5.41, 5.74) is 4.53. The quantitative estimate of drug-likeness (QED) is 0.356. The summed E-state index contributed by atoms with van der Waals surface area (Å²) in [7, 11) is 0. The smallest absolute Gasteiger partial charge is 0.267 e. The molecule has 0 radical (unpaired) electrons. The summed E-state index contributed by atoms with van der Waals surface area (Å²) in [5, 5.41) is 11.7. The molecule has 0 fully saturated rings. The molecule has 7 heteroatoms. The van der Waals surface area contributed by atoms with E-state index in [1.54, 1.807) is 35.3 Å². The van der Waals surface area contributed by atoms with Crippen LogP contribution in [-0.2, 0) is 6.54 Å². The standard InChI is InChI=1S/C22H16Cl2N4O/c23-19-8-7-18(20(24)12-19)14-28-10-9-21(27-28)22(29)26-25-13-15-5-6-16-3-1-2-4-17(16)11-15/h1-13H,14H2,(H,26,29)/b25-13+. The maximum atomic E-state index is 12.3. The molecule has 0 aliphatic carbocycles. The van der Waals surface area contributed by atoms with E-state index in [0.29, 0.717) is 16.6 Å². The van der Waals surface area contributed by atoms with Crippen LogP contribution in [0.25, 0.3) is 10.8 Å². The van der Waals surface area contributed by atoms with Gasteiger partial charge in [-0.2, -0.15) is 10.2 Å². The van der Waals surface area contributed by atoms with Crippen molar-refractivity contribution in [3.8, 4) is 0 Å². The number of fused-ring (bicyclic) bond motifs is 1. The molecule has 0 saturated carbocycles. The van der Waals surface area contributed by atoms with Crippen LogP contribution in [0.15, 0.2) is 78.0 Å². The summed E-state index contributed by atoms with van der Waals surface area (Å²) in [6.45, 7) is 0.434. The topological polar surface area (TPSA) is 59.3 Å². The van der Waals surface area contributed by atoms with E-state index >= 15 is 0 Å². The van der Waals surface area contributed by atoms with Crippen LogP contribution in [0.3, 0.4) is 0 Å². The minimum Gasteiger partial charge on any atom is -0.267 e. The van der Waals surface area contributed by atoms with Crippen molar-refractivity contribution in [1.29, 1.82) is 0 Å². The minimum atomic E-state index is -0.386. The van der Waals surface area contributed by atoms with E-state index in [1.165, 1.54) is 0 Å². The molecule has 144 valence electrons. The van der Waals surface area contributed by atoms with Crippen molar-refractivity contribution in [1.82, 2.24) is 15.2 Å². The van der Waals surface area contributed by atoms with Crippen molar-refractivity contribution in [2.75, 3.05) is 0 Å². The van der Waals surface area contributed by atoms with E-state index in [-0.39, 0.29) is 11.6 Å². The molecule has 29 heavy (non-hydrogen) atoms. The first-order valence-electron chi connectivity index (χ1n) is 8.88. The first kappa shape index (κ1) is 19.2. The van der Waals surface area contributed by atoms with Crippen molar-refractivity contribution in [2.24, 2.45) is 5.10 Å². The Morgan fingerprint density at radius 1 is 1.03 bits per heavy atom. The third-order valence-corrected chi connectivity index (χ3v) is 4.96. The van der Waals surface area contributed by atoms with Crippen LogP contribution in [0, 0.1) is 0 Å². The van der Waals surface area contributed by atoms with Crippen molar-refractivity contribution >= 4 is 46.1 Å². The number of carbonyl (C=O) groups excluding carboxylic acids is 1. The molecule has 0 bridgehead atoms. The van der Waals surface area contributed by atoms with Gasteiger partial charge in [-0.05, 0) is 46.2 Å². The van der Waals surface area contributed by atoms with Crippen LogP contribution >= 0.6 is 23.2 Å². The van der Waals surface area contributed by atoms with Gasteiger partial charge in [0.2, 0.25) is 0 Å². The maximum absolute atomic E-state index is 12.3. The second-order valence-corrected chi connectivity index (χ2v) is 7.28. The fourth-order valence-corrected chi connectivity index (χ4v) is 3.37. The molecule has 0 aliphatic rings. The Balaban J connectivity index is 1.40. The highest BCUT2D eigenvalue weighted by Crippen LogP contribution is 2.21. The van der Waals surface area contributed by atoms with Gasteiger partial charge in [-0.3, -0.25) is 9.48 Å². The van der Waals surface area contributed by atoms with Gasteiger partial charge in [0.1, 0.15) is 0 Å². The van der Waals surface area contributed by atoms with E-state index in [2.05, 4.69) is 15.6 Å². The SMILES string of the molecule is O=C(N/N=C/c1ccc2ccccc2c1)c1ccn(Cc2ccc(Cl)cc2Cl)n1. The first-order chi connectivity index (χ1) is 14.1. The predicted molar refractivity (Wildman–Crippen MR) is 117 cm³/mol. The average molecular weight is 423 g/mol. The number of hydrazone groups is 1. The van der Waals surface area contributed by atoms with E-state index in [4.69, 9.17) is 23.2 Å². The number of carbonyl (C=O) groups is 1. The summed E-state index contributed by atoms with van der Waals surface area (Å²) < 4.78 is 1.64. The zero-order chi connectivity index (χ0) is 20.2. The fraction of sp³-hybridized carbons (Fsp3) is 0.0455. The van der Waals surface area contributed by atoms with Crippen LogP contribution < -0.4 is 5.43 Å². The number of hydrogen-bond donors (Lipinski definition) is 1. The van der Waals surface area contributed by atoms with Crippen molar-refractivity contribution in [3.63, 3.8) is 0 Å². The lowest BCUT2D eigenvalue weighted by atomic mass is 10.1. The Morgan fingerprint density at radius 3 is 2.69 bits per heavy atom. The van der Waals surface area contributed by atoms with Gasteiger partial charge in [0, 0.05) is 16.2 Å². The molecule has 5 nitrogen and oxygen atoms in total. The molecule has 0 atom stereocenters. The lowest BCUT2D eigenvalue weighted by Gasteiger charge is -2.05. The van der Waals surface area contributed by atoms with Crippen LogP contribution in [-0.4, -0.2) is 21.9 Å². The molecule has 4 aromatic rings. The number of nitrogens with zero attached hydrogens (tertiary/aromatic N) is 3. The summed E-state index contributed by atoms with van der Waals surface area (Å²) in [6.07, 6.45) is 3.32. The normalized spacial score (nSPS) is 11.2. The van der Waals surface area contributed by atoms with E-state index in [9.17, 15) is 4.79 Å². The van der Waals surface area contributed by atoms with Crippen LogP contribution in [0.2, 0.25) is 10.0 Å². The van der Waals surface area contributed by atoms with E-state index in [1.807, 2.05) is 48.5 Å². The van der Waals surface area contributed by atoms with E-state index < -0.39 is 0 Å². The number of hydrogen-bond acceptors (Lipinski definition) is 3. The molecule has 0 saturated heterocycles. The highest BCUT2D eigenvalue weighted by atomic mass is 35.5. The summed E-state index contributed by atoms with van der Waals surface area (Å²) in [5.74, 6) is -0.386. The molecular weight excluding hydrogens is 407 g/mol. The molecular formula is C22H16Cl2N4O. The molecule has 1 N–H and O–H groups in total. The summed E-state index contributed by atoms with van der Waals surface area (Å²) in [4.78, 5) is 12.3. The van der Waals surface area contributed by atoms with Gasteiger partial charge in [-0.1, -0.05) is 65.7 Å². The Morgan fingerprint density at radius 2 is 1.86 bits per heavy atom. The Kier molecular flexibility index (Phi) is 5.60. The third-order valence-electron chi connectivity index (χ3n) is 4.37. The van der Waals surface area contributed by atoms with Crippen molar-refractivity contribution < 1.29 is 4.79 Å². The van der Waals surface area contributed by atoms with Gasteiger partial charge in [-0.15, -0.1) is 0 Å². The summed E-state index contributed by atoms with van der Waals surface area (Å²) in [6, 6.07) is 20.9. The zero-order valence-electron chi connectivity index (χ0n) is 15.2. The number of rotatable bonds is 5. The largest absolute Gasteiger partial charge is 0.291 e. The van der Waals surface area contributed by atoms with E-state index in [0.717, 1.165) is 21.9 Å². The Bertz CT molecular complexity index is 1220. The fourth-order valence-electron chi connectivity index (χ4n) is 2.91. The number of aromatic nitrogens is 2. The van der Waals surface area contributed by atoms with Crippen LogP contribution in [0.1, 0.15) is 21.6 Å². The molecule has 4 rings (SSSR count). The third kappa shape index (κ3) is 4.65. The Labute approximate surface area is 177 Å². The van der Waals surface area contributed by atoms with Crippen molar-refractivity contribution in [2.45, 2.75) is 6.54 Å². The summed E-state index contributed by atoms with van der Waals surface area (Å²) >= 11 is 12.1. The van der Waals surface area contributed by atoms with Gasteiger partial charge in [-0.25, -0.2) is 5.43 Å². The average Bonchev–Trinajstić information content (AvgIpc) is 3.19. The van der Waals surface area contributed by atoms with Crippen LogP contribution in [0.5, 0.6) is 0 Å². The number of benzene rings is 3. The molecule has 1 amide bonds. The number of halogens is 2. The van der Waals surface area contributed by atoms with Crippen molar-refractivity contribution in [3.05, 3.63) is 99.8 Å². The number of amides is 1. The Hall–Kier alpha value is -3.15. The van der Waals surface area contributed by atoms with Gasteiger partial charge in [0.05, 0.1) is 12.8 Å². The molecule has 1 heterocycles. The van der Waals surface area contributed by atoms with Crippen LogP contribution in [0.4, 0.5) is 0 Å². The zero-order valence-corrected chi connectivity index (χ0v) is 16.7. The highest BCUT2D eigenvalue weighted by Gasteiger charge is 2.10. The minimum absolute atomic E-state index is 0.269.